The molecule has 3 aromatic rings. The fraction of sp³-hybridized carbons (Fsp3) is 0.308. The Bertz CT molecular complexity index is 1220. The second-order valence-corrected chi connectivity index (χ2v) is 8.39. The molecule has 1 aliphatic rings. The van der Waals surface area contributed by atoms with Crippen molar-refractivity contribution in [2.75, 3.05) is 25.9 Å². The molecule has 1 aliphatic heterocycles. The number of nitrogens with two attached hydrogens (primary N) is 1. The first-order chi connectivity index (χ1) is 16.4. The Morgan fingerprint density at radius 2 is 1.91 bits per heavy atom. The molecular formula is C26H27F2N5O. The fourth-order valence-corrected chi connectivity index (χ4v) is 4.69. The van der Waals surface area contributed by atoms with Crippen molar-refractivity contribution in [3.8, 4) is 0 Å². The number of carbonyl (C=O) groups excluding carboxylic acids is 1. The zero-order valence-electron chi connectivity index (χ0n) is 19.2. The predicted molar refractivity (Wildman–Crippen MR) is 128 cm³/mol. The lowest BCUT2D eigenvalue weighted by molar-refractivity contribution is 0.103. The first-order valence-electron chi connectivity index (χ1n) is 11.3. The minimum Gasteiger partial charge on any atom is -0.383 e. The monoisotopic (exact) mass is 463 g/mol. The number of halogens is 2. The summed E-state index contributed by atoms with van der Waals surface area (Å²) in [4.78, 5) is 25.8. The molecule has 8 heteroatoms. The first kappa shape index (κ1) is 23.6. The minimum atomic E-state index is -0.613. The smallest absolute Gasteiger partial charge is 0.193 e. The van der Waals surface area contributed by atoms with Gasteiger partial charge in [0, 0.05) is 29.7 Å². The van der Waals surface area contributed by atoms with E-state index < -0.39 is 17.4 Å². The van der Waals surface area contributed by atoms with Crippen LogP contribution in [0.2, 0.25) is 0 Å². The molecule has 2 heterocycles. The number of aromatic nitrogens is 2. The van der Waals surface area contributed by atoms with E-state index in [0.717, 1.165) is 31.6 Å². The molecule has 2 atom stereocenters. The van der Waals surface area contributed by atoms with Gasteiger partial charge in [-0.2, -0.15) is 0 Å². The van der Waals surface area contributed by atoms with E-state index in [0.29, 0.717) is 17.2 Å². The van der Waals surface area contributed by atoms with E-state index in [1.54, 1.807) is 7.05 Å². The number of nitrogens with one attached hydrogen (secondary N) is 1. The van der Waals surface area contributed by atoms with Crippen molar-refractivity contribution in [2.24, 2.45) is 10.9 Å². The Morgan fingerprint density at radius 3 is 2.53 bits per heavy atom. The average molecular weight is 464 g/mol. The van der Waals surface area contributed by atoms with Gasteiger partial charge in [0.1, 0.15) is 23.8 Å². The quantitative estimate of drug-likeness (QED) is 0.406. The molecule has 0 radical (unpaired) electrons. The number of nitrogens with zero attached hydrogens (tertiary/aromatic N) is 3. The third-order valence-corrected chi connectivity index (χ3v) is 6.42. The molecule has 2 unspecified atom stereocenters. The maximum Gasteiger partial charge on any atom is 0.193 e. The summed E-state index contributed by atoms with van der Waals surface area (Å²) >= 11 is 0. The number of rotatable bonds is 7. The Kier molecular flexibility index (Phi) is 7.07. The molecule has 1 aromatic heterocycles. The third-order valence-electron chi connectivity index (χ3n) is 6.42. The standard InChI is InChI=1S/C26H27F2N5O/c1-3-19(17-10-11-31-13-17)24-22(26(29)33-14-32-24)23(30-2)20-9-6-16(12-21(20)28)25(34)15-4-7-18(27)8-5-15/h4-9,12,14,17,19,31H,3,10-11,13H2,1-2H3,(H2,29,32,33). The van der Waals surface area contributed by atoms with Crippen LogP contribution in [0, 0.1) is 17.6 Å². The van der Waals surface area contributed by atoms with E-state index >= 15 is 4.39 Å². The van der Waals surface area contributed by atoms with Gasteiger partial charge < -0.3 is 11.1 Å². The number of aliphatic imine (C=N–C) groups is 1. The molecule has 0 amide bonds. The summed E-state index contributed by atoms with van der Waals surface area (Å²) in [6.45, 7) is 3.93. The van der Waals surface area contributed by atoms with Crippen LogP contribution < -0.4 is 11.1 Å². The van der Waals surface area contributed by atoms with Crippen molar-refractivity contribution >= 4 is 17.3 Å². The zero-order chi connectivity index (χ0) is 24.2. The lowest BCUT2D eigenvalue weighted by Crippen LogP contribution is -2.22. The molecule has 34 heavy (non-hydrogen) atoms. The van der Waals surface area contributed by atoms with Crippen LogP contribution in [0.1, 0.15) is 58.4 Å². The maximum atomic E-state index is 15.4. The van der Waals surface area contributed by atoms with E-state index in [1.165, 1.54) is 48.8 Å². The molecule has 0 spiro atoms. The molecule has 2 aromatic carbocycles. The molecular weight excluding hydrogens is 436 g/mol. The van der Waals surface area contributed by atoms with Crippen LogP contribution in [-0.4, -0.2) is 41.6 Å². The van der Waals surface area contributed by atoms with Gasteiger partial charge in [0.05, 0.1) is 17.0 Å². The van der Waals surface area contributed by atoms with E-state index in [1.807, 2.05) is 0 Å². The van der Waals surface area contributed by atoms with Crippen LogP contribution in [0.25, 0.3) is 0 Å². The molecule has 1 saturated heterocycles. The van der Waals surface area contributed by atoms with Gasteiger partial charge in [0.25, 0.3) is 0 Å². The number of benzene rings is 2. The molecule has 0 saturated carbocycles. The Morgan fingerprint density at radius 1 is 1.18 bits per heavy atom. The molecule has 4 rings (SSSR count). The highest BCUT2D eigenvalue weighted by molar-refractivity contribution is 6.17. The molecule has 0 bridgehead atoms. The van der Waals surface area contributed by atoms with Gasteiger partial charge in [-0.3, -0.25) is 9.79 Å². The van der Waals surface area contributed by atoms with Crippen molar-refractivity contribution < 1.29 is 13.6 Å². The summed E-state index contributed by atoms with van der Waals surface area (Å²) in [6, 6.07) is 9.37. The highest BCUT2D eigenvalue weighted by Gasteiger charge is 2.31. The topological polar surface area (TPSA) is 93.3 Å². The first-order valence-corrected chi connectivity index (χ1v) is 11.3. The van der Waals surface area contributed by atoms with Crippen LogP contribution in [0.15, 0.2) is 53.8 Å². The summed E-state index contributed by atoms with van der Waals surface area (Å²) in [7, 11) is 1.57. The summed E-state index contributed by atoms with van der Waals surface area (Å²) < 4.78 is 28.6. The molecule has 1 fully saturated rings. The predicted octanol–water partition coefficient (Wildman–Crippen LogP) is 4.14. The summed E-state index contributed by atoms with van der Waals surface area (Å²) in [5, 5.41) is 3.39. The highest BCUT2D eigenvalue weighted by Crippen LogP contribution is 2.35. The molecule has 176 valence electrons. The second-order valence-electron chi connectivity index (χ2n) is 8.39. The van der Waals surface area contributed by atoms with E-state index in [-0.39, 0.29) is 28.4 Å². The van der Waals surface area contributed by atoms with Crippen molar-refractivity contribution in [2.45, 2.75) is 25.7 Å². The number of carbonyl (C=O) groups is 1. The van der Waals surface area contributed by atoms with Crippen molar-refractivity contribution in [3.63, 3.8) is 0 Å². The van der Waals surface area contributed by atoms with E-state index in [2.05, 4.69) is 27.2 Å². The van der Waals surface area contributed by atoms with Crippen LogP contribution >= 0.6 is 0 Å². The number of anilines is 1. The van der Waals surface area contributed by atoms with Crippen molar-refractivity contribution in [1.29, 1.82) is 0 Å². The van der Waals surface area contributed by atoms with Crippen LogP contribution in [0.3, 0.4) is 0 Å². The minimum absolute atomic E-state index is 0.120. The summed E-state index contributed by atoms with van der Waals surface area (Å²) in [5.74, 6) is -0.715. The number of nitrogen functional groups attached to an aromatic ring is 1. The highest BCUT2D eigenvalue weighted by atomic mass is 19.1. The van der Waals surface area contributed by atoms with Gasteiger partial charge >= 0.3 is 0 Å². The Hall–Kier alpha value is -3.52. The van der Waals surface area contributed by atoms with E-state index in [9.17, 15) is 9.18 Å². The normalized spacial score (nSPS) is 17.1. The van der Waals surface area contributed by atoms with Gasteiger partial charge in [-0.1, -0.05) is 13.0 Å². The van der Waals surface area contributed by atoms with Crippen molar-refractivity contribution in [3.05, 3.63) is 88.4 Å². The number of ketones is 1. The van der Waals surface area contributed by atoms with Gasteiger partial charge in [0.15, 0.2) is 5.78 Å². The molecule has 6 nitrogen and oxygen atoms in total. The Labute approximate surface area is 197 Å². The maximum absolute atomic E-state index is 15.4. The van der Waals surface area contributed by atoms with Crippen molar-refractivity contribution in [1.82, 2.24) is 15.3 Å². The molecule has 3 N–H and O–H groups in total. The Balaban J connectivity index is 1.73. The average Bonchev–Trinajstić information content (AvgIpc) is 3.37. The molecule has 0 aliphatic carbocycles. The number of hydrogen-bond acceptors (Lipinski definition) is 6. The van der Waals surface area contributed by atoms with Crippen LogP contribution in [0.5, 0.6) is 0 Å². The zero-order valence-corrected chi connectivity index (χ0v) is 19.2. The summed E-state index contributed by atoms with van der Waals surface area (Å²) in [5.41, 5.74) is 8.56. The largest absolute Gasteiger partial charge is 0.383 e. The second kappa shape index (κ2) is 10.2. The van der Waals surface area contributed by atoms with Gasteiger partial charge in [-0.25, -0.2) is 18.7 Å². The third kappa shape index (κ3) is 4.59. The van der Waals surface area contributed by atoms with E-state index in [4.69, 9.17) is 5.73 Å². The fourth-order valence-electron chi connectivity index (χ4n) is 4.69. The lowest BCUT2D eigenvalue weighted by atomic mass is 9.83. The number of hydrogen-bond donors (Lipinski definition) is 2. The summed E-state index contributed by atoms with van der Waals surface area (Å²) in [6.07, 6.45) is 3.31. The lowest BCUT2D eigenvalue weighted by Gasteiger charge is -2.24. The van der Waals surface area contributed by atoms with Crippen LogP contribution in [0.4, 0.5) is 14.6 Å². The van der Waals surface area contributed by atoms with Gasteiger partial charge in [-0.15, -0.1) is 0 Å². The van der Waals surface area contributed by atoms with Gasteiger partial charge in [-0.05, 0) is 68.2 Å². The van der Waals surface area contributed by atoms with Crippen LogP contribution in [-0.2, 0) is 0 Å². The van der Waals surface area contributed by atoms with Gasteiger partial charge in [0.2, 0.25) is 0 Å². The SMILES string of the molecule is CCC(c1ncnc(N)c1C(=NC)c1ccc(C(=O)c2ccc(F)cc2)cc1F)C1CCNC1.